The van der Waals surface area contributed by atoms with Gasteiger partial charge in [0.2, 0.25) is 0 Å². The van der Waals surface area contributed by atoms with Crippen molar-refractivity contribution >= 4 is 0 Å². The molecule has 0 bridgehead atoms. The first-order chi connectivity index (χ1) is 5.97. The molecule has 0 amide bonds. The summed E-state index contributed by atoms with van der Waals surface area (Å²) in [5, 5.41) is 0. The molecule has 1 fully saturated rings. The van der Waals surface area contributed by atoms with E-state index in [1.54, 1.807) is 0 Å². The highest BCUT2D eigenvalue weighted by atomic mass is 14.2. The van der Waals surface area contributed by atoms with E-state index >= 15 is 0 Å². The van der Waals surface area contributed by atoms with E-state index in [0.717, 1.165) is 5.92 Å². The van der Waals surface area contributed by atoms with Gasteiger partial charge in [-0.3, -0.25) is 0 Å². The van der Waals surface area contributed by atoms with E-state index in [0.29, 0.717) is 0 Å². The van der Waals surface area contributed by atoms with Crippen LogP contribution in [-0.2, 0) is 0 Å². The number of rotatable bonds is 1. The van der Waals surface area contributed by atoms with E-state index < -0.39 is 0 Å². The van der Waals surface area contributed by atoms with E-state index in [2.05, 4.69) is 36.8 Å². The number of hydrogen-bond donors (Lipinski definition) is 0. The van der Waals surface area contributed by atoms with Gasteiger partial charge in [0.05, 0.1) is 0 Å². The maximum atomic E-state index is 2.47. The third kappa shape index (κ3) is 1.69. The van der Waals surface area contributed by atoms with Crippen LogP contribution in [0.5, 0.6) is 0 Å². The highest BCUT2D eigenvalue weighted by Gasteiger charge is 2.14. The summed E-state index contributed by atoms with van der Waals surface area (Å²) in [6, 6.07) is 10.8. The van der Waals surface area contributed by atoms with E-state index in [1.807, 2.05) is 0 Å². The molecule has 1 aromatic rings. The molecule has 0 spiro atoms. The van der Waals surface area contributed by atoms with Crippen LogP contribution in [0, 0.1) is 6.42 Å². The average molecular weight is 159 g/mol. The quantitative estimate of drug-likeness (QED) is 0.588. The van der Waals surface area contributed by atoms with Gasteiger partial charge in [0.1, 0.15) is 0 Å². The van der Waals surface area contributed by atoms with E-state index in [4.69, 9.17) is 0 Å². The molecular weight excluding hydrogens is 144 g/mol. The van der Waals surface area contributed by atoms with E-state index in [-0.39, 0.29) is 0 Å². The van der Waals surface area contributed by atoms with Crippen molar-refractivity contribution in [2.75, 3.05) is 0 Å². The number of benzene rings is 1. The smallest absolute Gasteiger partial charge is 0.0131 e. The Kier molecular flexibility index (Phi) is 2.45. The van der Waals surface area contributed by atoms with Gasteiger partial charge in [-0.25, -0.2) is 0 Å². The lowest BCUT2D eigenvalue weighted by Crippen LogP contribution is -2.04. The van der Waals surface area contributed by atoms with Crippen LogP contribution in [-0.4, -0.2) is 0 Å². The zero-order valence-electron chi connectivity index (χ0n) is 7.37. The molecule has 0 heteroatoms. The zero-order chi connectivity index (χ0) is 8.23. The molecule has 2 rings (SSSR count). The van der Waals surface area contributed by atoms with Gasteiger partial charge in [-0.15, -0.1) is 0 Å². The molecule has 1 aliphatic rings. The fraction of sp³-hybridized carbons (Fsp3) is 0.417. The Morgan fingerprint density at radius 1 is 1.00 bits per heavy atom. The fourth-order valence-electron chi connectivity index (χ4n) is 1.95. The Hall–Kier alpha value is -0.780. The predicted octanol–water partition coefficient (Wildman–Crippen LogP) is 3.55. The van der Waals surface area contributed by atoms with Crippen molar-refractivity contribution in [3.8, 4) is 0 Å². The first-order valence-electron chi connectivity index (χ1n) is 4.85. The lowest BCUT2D eigenvalue weighted by Gasteiger charge is -2.21. The largest absolute Gasteiger partial charge is 0.0622 e. The minimum Gasteiger partial charge on any atom is -0.0622 e. The van der Waals surface area contributed by atoms with Crippen molar-refractivity contribution < 1.29 is 0 Å². The van der Waals surface area contributed by atoms with Gasteiger partial charge in [0.25, 0.3) is 0 Å². The van der Waals surface area contributed by atoms with E-state index in [1.165, 1.54) is 31.2 Å². The van der Waals surface area contributed by atoms with Crippen LogP contribution in [0.3, 0.4) is 0 Å². The van der Waals surface area contributed by atoms with Gasteiger partial charge < -0.3 is 0 Å². The summed E-state index contributed by atoms with van der Waals surface area (Å²) < 4.78 is 0. The van der Waals surface area contributed by atoms with Gasteiger partial charge in [-0.05, 0) is 30.7 Å². The molecule has 1 radical (unpaired) electrons. The first kappa shape index (κ1) is 7.85. The average Bonchev–Trinajstić information content (AvgIpc) is 2.21. The van der Waals surface area contributed by atoms with Crippen molar-refractivity contribution in [2.45, 2.75) is 31.6 Å². The lowest BCUT2D eigenvalue weighted by molar-refractivity contribution is 0.534. The molecule has 0 aromatic heterocycles. The Labute approximate surface area is 74.6 Å². The van der Waals surface area contributed by atoms with Crippen molar-refractivity contribution in [3.05, 3.63) is 42.3 Å². The van der Waals surface area contributed by atoms with Crippen LogP contribution in [0.1, 0.15) is 37.2 Å². The molecule has 63 valence electrons. The minimum absolute atomic E-state index is 0.736. The SMILES string of the molecule is [CH]1CCCC[C@@H]1c1ccccc1. The lowest BCUT2D eigenvalue weighted by atomic mass is 9.84. The normalized spacial score (nSPS) is 19.3. The van der Waals surface area contributed by atoms with Gasteiger partial charge in [-0.1, -0.05) is 43.2 Å². The predicted molar refractivity (Wildman–Crippen MR) is 52.0 cm³/mol. The Bertz CT molecular complexity index is 219. The Morgan fingerprint density at radius 3 is 2.50 bits per heavy atom. The molecule has 0 unspecified atom stereocenters. The first-order valence-corrected chi connectivity index (χ1v) is 4.85. The molecule has 1 saturated carbocycles. The molecule has 1 aromatic carbocycles. The summed E-state index contributed by atoms with van der Waals surface area (Å²) in [5.41, 5.74) is 1.50. The summed E-state index contributed by atoms with van der Waals surface area (Å²) in [7, 11) is 0. The Morgan fingerprint density at radius 2 is 1.83 bits per heavy atom. The van der Waals surface area contributed by atoms with Crippen LogP contribution < -0.4 is 0 Å². The second-order valence-electron chi connectivity index (χ2n) is 3.54. The van der Waals surface area contributed by atoms with E-state index in [9.17, 15) is 0 Å². The maximum Gasteiger partial charge on any atom is -0.0131 e. The highest BCUT2D eigenvalue weighted by molar-refractivity contribution is 5.22. The highest BCUT2D eigenvalue weighted by Crippen LogP contribution is 2.31. The monoisotopic (exact) mass is 159 g/mol. The molecule has 0 heterocycles. The van der Waals surface area contributed by atoms with Crippen molar-refractivity contribution in [2.24, 2.45) is 0 Å². The maximum absolute atomic E-state index is 2.47. The summed E-state index contributed by atoms with van der Waals surface area (Å²) in [6.07, 6.45) is 7.92. The van der Waals surface area contributed by atoms with Crippen molar-refractivity contribution in [1.82, 2.24) is 0 Å². The molecule has 0 nitrogen and oxygen atoms in total. The van der Waals surface area contributed by atoms with Crippen LogP contribution in [0.25, 0.3) is 0 Å². The summed E-state index contributed by atoms with van der Waals surface area (Å²) >= 11 is 0. The molecule has 1 aliphatic carbocycles. The molecule has 1 atom stereocenters. The van der Waals surface area contributed by atoms with Gasteiger partial charge in [0.15, 0.2) is 0 Å². The van der Waals surface area contributed by atoms with Gasteiger partial charge in [0, 0.05) is 0 Å². The van der Waals surface area contributed by atoms with Crippen LogP contribution in [0.4, 0.5) is 0 Å². The third-order valence-electron chi connectivity index (χ3n) is 2.65. The van der Waals surface area contributed by atoms with Crippen molar-refractivity contribution in [3.63, 3.8) is 0 Å². The fourth-order valence-corrected chi connectivity index (χ4v) is 1.95. The summed E-state index contributed by atoms with van der Waals surface area (Å²) in [6.45, 7) is 0. The van der Waals surface area contributed by atoms with Crippen LogP contribution >= 0.6 is 0 Å². The van der Waals surface area contributed by atoms with Crippen LogP contribution in [0.2, 0.25) is 0 Å². The van der Waals surface area contributed by atoms with Gasteiger partial charge >= 0.3 is 0 Å². The molecule has 0 N–H and O–H groups in total. The molecule has 0 aliphatic heterocycles. The second kappa shape index (κ2) is 3.75. The third-order valence-corrected chi connectivity index (χ3v) is 2.65. The molecule has 12 heavy (non-hydrogen) atoms. The minimum atomic E-state index is 0.736. The Balaban J connectivity index is 2.08. The molecule has 0 saturated heterocycles. The molecular formula is C12H15. The standard InChI is InChI=1S/C12H15/c1-3-7-11(8-4-1)12-9-5-2-6-10-12/h1,3-4,7-9,12H,2,5-6,10H2/t12-/m1/s1. The number of hydrogen-bond acceptors (Lipinski definition) is 0. The van der Waals surface area contributed by atoms with Crippen LogP contribution in [0.15, 0.2) is 30.3 Å². The second-order valence-corrected chi connectivity index (χ2v) is 3.54. The summed E-state index contributed by atoms with van der Waals surface area (Å²) in [4.78, 5) is 0. The zero-order valence-corrected chi connectivity index (χ0v) is 7.37. The topological polar surface area (TPSA) is 0 Å². The van der Waals surface area contributed by atoms with Crippen molar-refractivity contribution in [1.29, 1.82) is 0 Å². The van der Waals surface area contributed by atoms with Gasteiger partial charge in [-0.2, -0.15) is 0 Å². The summed E-state index contributed by atoms with van der Waals surface area (Å²) in [5.74, 6) is 0.736.